The van der Waals surface area contributed by atoms with Crippen LogP contribution in [0.15, 0.2) is 22.6 Å². The van der Waals surface area contributed by atoms with E-state index in [1.165, 1.54) is 30.2 Å². The van der Waals surface area contributed by atoms with Gasteiger partial charge in [-0.2, -0.15) is 0 Å². The molecule has 0 spiro atoms. The Hall–Kier alpha value is -2.01. The molecule has 5 heteroatoms. The van der Waals surface area contributed by atoms with Gasteiger partial charge in [0, 0.05) is 30.5 Å². The van der Waals surface area contributed by atoms with Gasteiger partial charge in [-0.05, 0) is 57.1 Å². The first-order valence-electron chi connectivity index (χ1n) is 10.2. The van der Waals surface area contributed by atoms with Gasteiger partial charge in [-0.15, -0.1) is 0 Å². The van der Waals surface area contributed by atoms with E-state index >= 15 is 0 Å². The SMILES string of the molecule is COc1cccc2c3c(oc12)CN(CCC1CCC(NC(C)=O)CC1)CC3. The molecule has 0 atom stereocenters. The third-order valence-corrected chi connectivity index (χ3v) is 6.24. The number of benzene rings is 1. The van der Waals surface area contributed by atoms with Gasteiger partial charge in [-0.3, -0.25) is 9.69 Å². The predicted octanol–water partition coefficient (Wildman–Crippen LogP) is 3.88. The van der Waals surface area contributed by atoms with Crippen LogP contribution in [0.5, 0.6) is 5.75 Å². The molecule has 1 aliphatic heterocycles. The molecule has 0 unspecified atom stereocenters. The summed E-state index contributed by atoms with van der Waals surface area (Å²) >= 11 is 0. The highest BCUT2D eigenvalue weighted by molar-refractivity contribution is 5.87. The summed E-state index contributed by atoms with van der Waals surface area (Å²) in [5, 5.41) is 4.28. The second-order valence-corrected chi connectivity index (χ2v) is 8.07. The number of hydrogen-bond acceptors (Lipinski definition) is 4. The fraction of sp³-hybridized carbons (Fsp3) is 0.591. The van der Waals surface area contributed by atoms with Crippen LogP contribution in [-0.4, -0.2) is 37.0 Å². The van der Waals surface area contributed by atoms with Gasteiger partial charge < -0.3 is 14.5 Å². The normalized spacial score (nSPS) is 23.2. The molecule has 1 aliphatic carbocycles. The van der Waals surface area contributed by atoms with Gasteiger partial charge in [0.1, 0.15) is 5.76 Å². The Kier molecular flexibility index (Phi) is 5.39. The average molecular weight is 370 g/mol. The van der Waals surface area contributed by atoms with Crippen LogP contribution in [-0.2, 0) is 17.8 Å². The Morgan fingerprint density at radius 3 is 2.85 bits per heavy atom. The van der Waals surface area contributed by atoms with Crippen LogP contribution in [0.3, 0.4) is 0 Å². The van der Waals surface area contributed by atoms with Crippen molar-refractivity contribution in [1.29, 1.82) is 0 Å². The molecule has 146 valence electrons. The lowest BCUT2D eigenvalue weighted by Gasteiger charge is -2.31. The molecule has 1 saturated carbocycles. The third-order valence-electron chi connectivity index (χ3n) is 6.24. The Morgan fingerprint density at radius 2 is 2.11 bits per heavy atom. The number of methoxy groups -OCH3 is 1. The standard InChI is InChI=1S/C22H30N2O3/c1-15(25)23-17-8-6-16(7-9-17)10-12-24-13-11-18-19-4-3-5-20(26-2)22(19)27-21(18)14-24/h3-5,16-17H,6-14H2,1-2H3,(H,23,25). The number of amides is 1. The number of furan rings is 1. The third kappa shape index (κ3) is 3.98. The number of ether oxygens (including phenoxy) is 1. The molecule has 2 heterocycles. The first-order valence-corrected chi connectivity index (χ1v) is 10.2. The zero-order chi connectivity index (χ0) is 18.8. The molecule has 0 saturated heterocycles. The average Bonchev–Trinajstić information content (AvgIpc) is 3.05. The minimum absolute atomic E-state index is 0.102. The van der Waals surface area contributed by atoms with Crippen molar-refractivity contribution in [3.8, 4) is 5.75 Å². The number of hydrogen-bond donors (Lipinski definition) is 1. The highest BCUT2D eigenvalue weighted by Crippen LogP contribution is 2.36. The Balaban J connectivity index is 1.32. The summed E-state index contributed by atoms with van der Waals surface area (Å²) in [4.78, 5) is 13.7. The number of fused-ring (bicyclic) bond motifs is 3. The van der Waals surface area contributed by atoms with Crippen molar-refractivity contribution in [2.24, 2.45) is 5.92 Å². The summed E-state index contributed by atoms with van der Waals surface area (Å²) in [7, 11) is 1.70. The molecule has 5 nitrogen and oxygen atoms in total. The first-order chi connectivity index (χ1) is 13.1. The smallest absolute Gasteiger partial charge is 0.217 e. The van der Waals surface area contributed by atoms with Crippen LogP contribution >= 0.6 is 0 Å². The van der Waals surface area contributed by atoms with Gasteiger partial charge >= 0.3 is 0 Å². The summed E-state index contributed by atoms with van der Waals surface area (Å²) in [6, 6.07) is 6.54. The number of para-hydroxylation sites is 1. The summed E-state index contributed by atoms with van der Waals surface area (Å²) in [5.74, 6) is 2.82. The van der Waals surface area contributed by atoms with Crippen molar-refractivity contribution in [2.45, 2.75) is 58.0 Å². The summed E-state index contributed by atoms with van der Waals surface area (Å²) < 4.78 is 11.6. The van der Waals surface area contributed by atoms with Gasteiger partial charge in [0.05, 0.1) is 13.7 Å². The lowest BCUT2D eigenvalue weighted by Crippen LogP contribution is -2.37. The quantitative estimate of drug-likeness (QED) is 0.868. The summed E-state index contributed by atoms with van der Waals surface area (Å²) in [6.07, 6.45) is 6.99. The van der Waals surface area contributed by atoms with Crippen molar-refractivity contribution < 1.29 is 13.9 Å². The summed E-state index contributed by atoms with van der Waals surface area (Å²) in [5.41, 5.74) is 2.25. The van der Waals surface area contributed by atoms with E-state index in [0.717, 1.165) is 61.9 Å². The number of carbonyl (C=O) groups excluding carboxylic acids is 1. The maximum atomic E-state index is 11.2. The van der Waals surface area contributed by atoms with E-state index < -0.39 is 0 Å². The summed E-state index contributed by atoms with van der Waals surface area (Å²) in [6.45, 7) is 4.74. The van der Waals surface area contributed by atoms with Crippen molar-refractivity contribution in [2.75, 3.05) is 20.2 Å². The van der Waals surface area contributed by atoms with E-state index in [9.17, 15) is 4.79 Å². The van der Waals surface area contributed by atoms with E-state index in [1.807, 2.05) is 12.1 Å². The highest BCUT2D eigenvalue weighted by Gasteiger charge is 2.26. The predicted molar refractivity (Wildman–Crippen MR) is 106 cm³/mol. The zero-order valence-corrected chi connectivity index (χ0v) is 16.4. The minimum Gasteiger partial charge on any atom is -0.493 e. The Bertz CT molecular complexity index is 805. The van der Waals surface area contributed by atoms with E-state index in [1.54, 1.807) is 14.0 Å². The second kappa shape index (κ2) is 7.93. The van der Waals surface area contributed by atoms with E-state index in [0.29, 0.717) is 6.04 Å². The molecule has 1 aromatic heterocycles. The van der Waals surface area contributed by atoms with Crippen molar-refractivity contribution in [1.82, 2.24) is 10.2 Å². The number of nitrogens with zero attached hydrogens (tertiary/aromatic N) is 1. The fourth-order valence-electron chi connectivity index (χ4n) is 4.75. The molecule has 1 fully saturated rings. The Labute approximate surface area is 161 Å². The van der Waals surface area contributed by atoms with E-state index in [2.05, 4.69) is 16.3 Å². The molecule has 2 aromatic rings. The molecular weight excluding hydrogens is 340 g/mol. The number of nitrogens with one attached hydrogen (secondary N) is 1. The van der Waals surface area contributed by atoms with Crippen LogP contribution < -0.4 is 10.1 Å². The minimum atomic E-state index is 0.102. The highest BCUT2D eigenvalue weighted by atomic mass is 16.5. The number of carbonyl (C=O) groups is 1. The molecule has 4 rings (SSSR count). The van der Waals surface area contributed by atoms with Crippen LogP contribution in [0, 0.1) is 5.92 Å². The molecule has 1 aromatic carbocycles. The molecule has 1 N–H and O–H groups in total. The van der Waals surface area contributed by atoms with Crippen LogP contribution in [0.25, 0.3) is 11.0 Å². The molecule has 0 radical (unpaired) electrons. The molecule has 27 heavy (non-hydrogen) atoms. The first kappa shape index (κ1) is 18.4. The van der Waals surface area contributed by atoms with Crippen LogP contribution in [0.2, 0.25) is 0 Å². The van der Waals surface area contributed by atoms with Crippen molar-refractivity contribution in [3.05, 3.63) is 29.5 Å². The van der Waals surface area contributed by atoms with Crippen LogP contribution in [0.4, 0.5) is 0 Å². The maximum absolute atomic E-state index is 11.2. The largest absolute Gasteiger partial charge is 0.493 e. The van der Waals surface area contributed by atoms with Gasteiger partial charge in [0.15, 0.2) is 11.3 Å². The molecule has 2 aliphatic rings. The fourth-order valence-corrected chi connectivity index (χ4v) is 4.75. The second-order valence-electron chi connectivity index (χ2n) is 8.07. The van der Waals surface area contributed by atoms with Gasteiger partial charge in [-0.1, -0.05) is 12.1 Å². The molecule has 1 amide bonds. The maximum Gasteiger partial charge on any atom is 0.217 e. The molecule has 0 bridgehead atoms. The zero-order valence-electron chi connectivity index (χ0n) is 16.4. The van der Waals surface area contributed by atoms with E-state index in [-0.39, 0.29) is 5.91 Å². The van der Waals surface area contributed by atoms with Gasteiger partial charge in [-0.25, -0.2) is 0 Å². The molecular formula is C22H30N2O3. The number of rotatable bonds is 5. The topological polar surface area (TPSA) is 54.7 Å². The van der Waals surface area contributed by atoms with Crippen molar-refractivity contribution >= 4 is 16.9 Å². The van der Waals surface area contributed by atoms with Gasteiger partial charge in [0.2, 0.25) is 5.91 Å². The van der Waals surface area contributed by atoms with Gasteiger partial charge in [0.25, 0.3) is 0 Å². The Morgan fingerprint density at radius 1 is 1.30 bits per heavy atom. The van der Waals surface area contributed by atoms with Crippen molar-refractivity contribution in [3.63, 3.8) is 0 Å². The van der Waals surface area contributed by atoms with Crippen LogP contribution in [0.1, 0.15) is 50.4 Å². The lowest BCUT2D eigenvalue weighted by atomic mass is 9.84. The monoisotopic (exact) mass is 370 g/mol. The lowest BCUT2D eigenvalue weighted by molar-refractivity contribution is -0.119. The van der Waals surface area contributed by atoms with E-state index in [4.69, 9.17) is 9.15 Å².